The van der Waals surface area contributed by atoms with Crippen molar-refractivity contribution in [2.75, 3.05) is 41.0 Å². The van der Waals surface area contributed by atoms with Crippen LogP contribution in [0.5, 0.6) is 11.5 Å². The summed E-state index contributed by atoms with van der Waals surface area (Å²) in [7, 11) is 5.12. The number of amides is 2. The summed E-state index contributed by atoms with van der Waals surface area (Å²) in [6, 6.07) is 3.54. The van der Waals surface area contributed by atoms with Gasteiger partial charge in [0.2, 0.25) is 0 Å². The van der Waals surface area contributed by atoms with Gasteiger partial charge in [0.1, 0.15) is 0 Å². The summed E-state index contributed by atoms with van der Waals surface area (Å²) in [6.07, 6.45) is 0. The minimum Gasteiger partial charge on any atom is -0.493 e. The molecule has 8 heteroatoms. The van der Waals surface area contributed by atoms with Gasteiger partial charge in [-0.25, -0.2) is 9.59 Å². The largest absolute Gasteiger partial charge is 0.493 e. The molecule has 1 aliphatic heterocycles. The molecular weight excluding hydrogens is 350 g/mol. The number of carbonyl (C=O) groups excluding carboxylic acids is 2. The highest BCUT2D eigenvalue weighted by molar-refractivity contribution is 5.93. The first kappa shape index (κ1) is 20.6. The molecule has 2 rings (SSSR count). The van der Waals surface area contributed by atoms with Crippen LogP contribution in [0.2, 0.25) is 0 Å². The molecule has 0 saturated carbocycles. The third-order valence-corrected chi connectivity index (χ3v) is 4.29. The zero-order valence-electron chi connectivity index (χ0n) is 16.5. The Morgan fingerprint density at radius 1 is 1.19 bits per heavy atom. The highest BCUT2D eigenvalue weighted by Crippen LogP contribution is 2.30. The Labute approximate surface area is 159 Å². The van der Waals surface area contributed by atoms with Crippen molar-refractivity contribution in [2.45, 2.75) is 20.4 Å². The third kappa shape index (κ3) is 5.13. The van der Waals surface area contributed by atoms with Crippen molar-refractivity contribution in [3.8, 4) is 11.5 Å². The molecule has 1 aromatic carbocycles. The van der Waals surface area contributed by atoms with Crippen molar-refractivity contribution < 1.29 is 23.8 Å². The average molecular weight is 377 g/mol. The Kier molecular flexibility index (Phi) is 7.06. The number of hydrogen-bond donors (Lipinski definition) is 2. The molecule has 1 aromatic rings. The molecule has 0 bridgehead atoms. The van der Waals surface area contributed by atoms with Gasteiger partial charge >= 0.3 is 12.0 Å². The fourth-order valence-electron chi connectivity index (χ4n) is 2.89. The zero-order valence-corrected chi connectivity index (χ0v) is 16.5. The lowest BCUT2D eigenvalue weighted by atomic mass is 10.1. The third-order valence-electron chi connectivity index (χ3n) is 4.29. The second-order valence-electron chi connectivity index (χ2n) is 6.29. The van der Waals surface area contributed by atoms with E-state index in [0.717, 1.165) is 11.1 Å². The molecule has 0 aromatic heterocycles. The fourth-order valence-corrected chi connectivity index (χ4v) is 2.89. The molecule has 0 atom stereocenters. The number of carbonyl (C=O) groups is 2. The minimum atomic E-state index is -0.421. The van der Waals surface area contributed by atoms with Crippen molar-refractivity contribution in [3.63, 3.8) is 0 Å². The van der Waals surface area contributed by atoms with Crippen LogP contribution in [0.1, 0.15) is 18.1 Å². The predicted molar refractivity (Wildman–Crippen MR) is 101 cm³/mol. The maximum absolute atomic E-state index is 12.1. The zero-order chi connectivity index (χ0) is 20.0. The van der Waals surface area contributed by atoms with E-state index >= 15 is 0 Å². The first-order chi connectivity index (χ1) is 12.9. The lowest BCUT2D eigenvalue weighted by Crippen LogP contribution is -2.46. The van der Waals surface area contributed by atoms with Gasteiger partial charge in [0.15, 0.2) is 11.5 Å². The quantitative estimate of drug-likeness (QED) is 0.669. The van der Waals surface area contributed by atoms with Gasteiger partial charge in [-0.1, -0.05) is 0 Å². The fraction of sp³-hybridized carbons (Fsp3) is 0.474. The Hall–Kier alpha value is -2.74. The van der Waals surface area contributed by atoms with Crippen molar-refractivity contribution in [2.24, 2.45) is 0 Å². The van der Waals surface area contributed by atoms with Gasteiger partial charge in [-0.3, -0.25) is 4.90 Å². The van der Waals surface area contributed by atoms with E-state index in [-0.39, 0.29) is 19.2 Å². The Morgan fingerprint density at radius 3 is 2.48 bits per heavy atom. The molecule has 0 saturated heterocycles. The summed E-state index contributed by atoms with van der Waals surface area (Å²) in [5.74, 6) is 0.920. The van der Waals surface area contributed by atoms with E-state index in [1.54, 1.807) is 21.1 Å². The summed E-state index contributed by atoms with van der Waals surface area (Å²) in [6.45, 7) is 5.19. The molecule has 0 fully saturated rings. The molecule has 2 N–H and O–H groups in total. The molecule has 2 amide bonds. The van der Waals surface area contributed by atoms with Crippen LogP contribution in [0.3, 0.4) is 0 Å². The number of nitrogens with zero attached hydrogens (tertiary/aromatic N) is 1. The maximum atomic E-state index is 12.1. The van der Waals surface area contributed by atoms with Gasteiger partial charge in [-0.05, 0) is 44.2 Å². The lowest BCUT2D eigenvalue weighted by Gasteiger charge is -2.26. The number of urea groups is 1. The highest BCUT2D eigenvalue weighted by Gasteiger charge is 2.24. The highest BCUT2D eigenvalue weighted by atomic mass is 16.5. The van der Waals surface area contributed by atoms with Gasteiger partial charge in [-0.15, -0.1) is 0 Å². The number of likely N-dealkylation sites (N-methyl/N-ethyl adjacent to an activating group) is 1. The normalized spacial score (nSPS) is 13.9. The molecule has 0 spiro atoms. The van der Waals surface area contributed by atoms with Gasteiger partial charge in [0, 0.05) is 18.8 Å². The predicted octanol–water partition coefficient (Wildman–Crippen LogP) is 1.57. The van der Waals surface area contributed by atoms with Crippen molar-refractivity contribution in [1.82, 2.24) is 15.5 Å². The van der Waals surface area contributed by atoms with Crippen molar-refractivity contribution >= 4 is 12.0 Å². The first-order valence-electron chi connectivity index (χ1n) is 8.73. The van der Waals surface area contributed by atoms with Crippen molar-refractivity contribution in [3.05, 3.63) is 34.5 Å². The Morgan fingerprint density at radius 2 is 1.85 bits per heavy atom. The van der Waals surface area contributed by atoms with Gasteiger partial charge < -0.3 is 24.8 Å². The van der Waals surface area contributed by atoms with Gasteiger partial charge in [0.05, 0.1) is 32.9 Å². The van der Waals surface area contributed by atoms with E-state index in [4.69, 9.17) is 14.2 Å². The first-order valence-corrected chi connectivity index (χ1v) is 8.73. The minimum absolute atomic E-state index is 0.156. The van der Waals surface area contributed by atoms with E-state index < -0.39 is 5.97 Å². The Balaban J connectivity index is 2.19. The van der Waals surface area contributed by atoms with Crippen LogP contribution in [0.25, 0.3) is 0 Å². The topological polar surface area (TPSA) is 89.1 Å². The molecular formula is C19H27N3O5. The SMILES string of the molecule is CCOC(=O)C1=C(CN(C)Cc2cc(OC)c(OC)cc2C)NC(=O)NC1. The number of hydrogen-bond acceptors (Lipinski definition) is 6. The molecule has 27 heavy (non-hydrogen) atoms. The van der Waals surface area contributed by atoms with Crippen LogP contribution in [0.4, 0.5) is 4.79 Å². The van der Waals surface area contributed by atoms with Gasteiger partial charge in [0.25, 0.3) is 0 Å². The van der Waals surface area contributed by atoms with Gasteiger partial charge in [-0.2, -0.15) is 0 Å². The van der Waals surface area contributed by atoms with Crippen LogP contribution in [-0.4, -0.2) is 57.9 Å². The van der Waals surface area contributed by atoms with Crippen LogP contribution >= 0.6 is 0 Å². The maximum Gasteiger partial charge on any atom is 0.337 e. The van der Waals surface area contributed by atoms with E-state index in [1.165, 1.54) is 0 Å². The van der Waals surface area contributed by atoms with E-state index in [9.17, 15) is 9.59 Å². The summed E-state index contributed by atoms with van der Waals surface area (Å²) in [4.78, 5) is 25.8. The molecule has 0 aliphatic carbocycles. The number of aryl methyl sites for hydroxylation is 1. The number of ether oxygens (including phenoxy) is 3. The summed E-state index contributed by atoms with van der Waals surface area (Å²) >= 11 is 0. The van der Waals surface area contributed by atoms with Crippen LogP contribution in [-0.2, 0) is 16.1 Å². The second kappa shape index (κ2) is 9.27. The number of methoxy groups -OCH3 is 2. The number of esters is 1. The number of rotatable bonds is 8. The molecule has 148 valence electrons. The van der Waals surface area contributed by atoms with Crippen molar-refractivity contribution in [1.29, 1.82) is 0 Å². The monoisotopic (exact) mass is 377 g/mol. The smallest absolute Gasteiger partial charge is 0.337 e. The van der Waals surface area contributed by atoms with E-state index in [1.807, 2.05) is 31.0 Å². The average Bonchev–Trinajstić information content (AvgIpc) is 2.63. The molecule has 1 heterocycles. The van der Waals surface area contributed by atoms with Crippen LogP contribution < -0.4 is 20.1 Å². The molecule has 8 nitrogen and oxygen atoms in total. The second-order valence-corrected chi connectivity index (χ2v) is 6.29. The van der Waals surface area contributed by atoms with E-state index in [0.29, 0.717) is 35.9 Å². The van der Waals surface area contributed by atoms with Crippen LogP contribution in [0, 0.1) is 6.92 Å². The number of nitrogens with one attached hydrogen (secondary N) is 2. The van der Waals surface area contributed by atoms with E-state index in [2.05, 4.69) is 10.6 Å². The lowest BCUT2D eigenvalue weighted by molar-refractivity contribution is -0.138. The summed E-state index contributed by atoms with van der Waals surface area (Å²) in [5.41, 5.74) is 3.12. The molecule has 0 radical (unpaired) electrons. The number of benzene rings is 1. The Bertz CT molecular complexity index is 745. The summed E-state index contributed by atoms with van der Waals surface area (Å²) < 4.78 is 15.8. The summed E-state index contributed by atoms with van der Waals surface area (Å²) in [5, 5.41) is 5.32. The van der Waals surface area contributed by atoms with Crippen LogP contribution in [0.15, 0.2) is 23.4 Å². The molecule has 1 aliphatic rings. The molecule has 0 unspecified atom stereocenters. The standard InChI is InChI=1S/C19H27N3O5/c1-6-27-18(23)14-9-20-19(24)21-15(14)11-22(3)10-13-8-17(26-5)16(25-4)7-12(13)2/h7-8H,6,9-11H2,1-5H3,(H2,20,21,24).